The number of aromatic nitrogens is 2. The number of halogens is 5. The number of hydrogen-bond acceptors (Lipinski definition) is 6. The first-order valence-corrected chi connectivity index (χ1v) is 11.6. The van der Waals surface area contributed by atoms with Crippen molar-refractivity contribution in [3.05, 3.63) is 53.2 Å². The number of fused-ring (bicyclic) bond motifs is 1. The van der Waals surface area contributed by atoms with Gasteiger partial charge < -0.3 is 25.2 Å². The van der Waals surface area contributed by atoms with Gasteiger partial charge >= 0.3 is 12.3 Å². The summed E-state index contributed by atoms with van der Waals surface area (Å²) in [6.45, 7) is 2.07. The van der Waals surface area contributed by atoms with E-state index in [1.807, 2.05) is 12.1 Å². The number of anilines is 1. The summed E-state index contributed by atoms with van der Waals surface area (Å²) >= 11 is 0. The van der Waals surface area contributed by atoms with Crippen molar-refractivity contribution >= 4 is 22.6 Å². The minimum absolute atomic E-state index is 0.0357. The summed E-state index contributed by atoms with van der Waals surface area (Å²) < 4.78 is 73.0. The molecule has 8 nitrogen and oxygen atoms in total. The monoisotopic (exact) mass is 530 g/mol. The highest BCUT2D eigenvalue weighted by atomic mass is 19.4. The topological polar surface area (TPSA) is 108 Å². The lowest BCUT2D eigenvalue weighted by Crippen LogP contribution is -2.20. The van der Waals surface area contributed by atoms with Crippen molar-refractivity contribution in [3.63, 3.8) is 0 Å². The van der Waals surface area contributed by atoms with Crippen molar-refractivity contribution < 1.29 is 41.3 Å². The molecule has 0 saturated carbocycles. The molecule has 2 aromatic carbocycles. The van der Waals surface area contributed by atoms with Gasteiger partial charge in [-0.1, -0.05) is 0 Å². The Balaban J connectivity index is 1.31. The third kappa shape index (κ3) is 9.17. The van der Waals surface area contributed by atoms with Gasteiger partial charge in [-0.25, -0.2) is 8.78 Å². The molecule has 4 N–H and O–H groups in total. The number of carbonyl (C=O) groups is 1. The van der Waals surface area contributed by atoms with Crippen LogP contribution < -0.4 is 15.4 Å². The van der Waals surface area contributed by atoms with Gasteiger partial charge in [-0.05, 0) is 61.2 Å². The summed E-state index contributed by atoms with van der Waals surface area (Å²) in [6.07, 6.45) is -1.60. The highest BCUT2D eigenvalue weighted by Gasteiger charge is 2.34. The van der Waals surface area contributed by atoms with Crippen molar-refractivity contribution in [2.75, 3.05) is 31.6 Å². The number of carboxylic acid groups (broad SMARTS) is 1. The molecule has 202 valence electrons. The number of nitrogens with one attached hydrogen (secondary N) is 3. The van der Waals surface area contributed by atoms with E-state index in [9.17, 15) is 26.7 Å². The minimum Gasteiger partial charge on any atom is -0.481 e. The van der Waals surface area contributed by atoms with E-state index in [1.165, 1.54) is 0 Å². The first kappa shape index (κ1) is 28.1. The highest BCUT2D eigenvalue weighted by molar-refractivity contribution is 5.91. The molecular weight excluding hydrogens is 503 g/mol. The van der Waals surface area contributed by atoms with Crippen LogP contribution in [-0.2, 0) is 22.5 Å². The molecule has 37 heavy (non-hydrogen) atoms. The van der Waals surface area contributed by atoms with Crippen LogP contribution in [0.3, 0.4) is 0 Å². The zero-order chi connectivity index (χ0) is 26.8. The van der Waals surface area contributed by atoms with Crippen LogP contribution in [0.4, 0.5) is 27.6 Å². The average Bonchev–Trinajstić information content (AvgIpc) is 3.29. The summed E-state index contributed by atoms with van der Waals surface area (Å²) in [7, 11) is 0. The van der Waals surface area contributed by atoms with E-state index >= 15 is 0 Å². The normalized spacial score (nSPS) is 11.7. The smallest absolute Gasteiger partial charge is 0.481 e. The Morgan fingerprint density at radius 2 is 1.78 bits per heavy atom. The molecule has 0 aliphatic carbocycles. The zero-order valence-corrected chi connectivity index (χ0v) is 19.8. The number of carboxylic acids is 1. The van der Waals surface area contributed by atoms with E-state index in [2.05, 4.69) is 25.6 Å². The number of unbranched alkanes of at least 4 members (excludes halogenated alkanes) is 1. The standard InChI is InChI=1S/C24H27F5N4O4/c25-18-9-16(10-19(26)23(18)37-24(27,28)29)13-30-5-1-2-7-36-8-6-31-20-11-15(3-4-22(34)35)12-21-17(20)14-32-33-21/h9-12,14,30-31H,1-8,13H2,(H,32,33)(H,34,35). The van der Waals surface area contributed by atoms with E-state index < -0.39 is 29.7 Å². The van der Waals surface area contributed by atoms with Gasteiger partial charge in [0, 0.05) is 37.2 Å². The summed E-state index contributed by atoms with van der Waals surface area (Å²) in [6, 6.07) is 5.38. The second-order valence-electron chi connectivity index (χ2n) is 8.23. The van der Waals surface area contributed by atoms with Crippen molar-refractivity contribution in [2.45, 2.75) is 38.6 Å². The van der Waals surface area contributed by atoms with Gasteiger partial charge in [-0.2, -0.15) is 5.10 Å². The molecule has 0 spiro atoms. The second-order valence-corrected chi connectivity index (χ2v) is 8.23. The lowest BCUT2D eigenvalue weighted by atomic mass is 10.1. The number of hydrogen-bond donors (Lipinski definition) is 4. The fraction of sp³-hybridized carbons (Fsp3) is 0.417. The average molecular weight is 530 g/mol. The van der Waals surface area contributed by atoms with E-state index in [1.54, 1.807) is 6.20 Å². The molecule has 1 heterocycles. The minimum atomic E-state index is -5.18. The number of aryl methyl sites for hydroxylation is 1. The molecule has 0 saturated heterocycles. The van der Waals surface area contributed by atoms with Gasteiger partial charge in [0.2, 0.25) is 5.75 Å². The van der Waals surface area contributed by atoms with E-state index in [0.29, 0.717) is 32.7 Å². The Morgan fingerprint density at radius 1 is 1.03 bits per heavy atom. The molecule has 3 aromatic rings. The van der Waals surface area contributed by atoms with Gasteiger partial charge in [0.25, 0.3) is 0 Å². The third-order valence-corrected chi connectivity index (χ3v) is 5.31. The van der Waals surface area contributed by atoms with Gasteiger partial charge in [0.05, 0.1) is 18.3 Å². The summed E-state index contributed by atoms with van der Waals surface area (Å²) in [4.78, 5) is 10.8. The number of aromatic amines is 1. The fourth-order valence-electron chi connectivity index (χ4n) is 3.63. The Kier molecular flexibility index (Phi) is 10.0. The number of ether oxygens (including phenoxy) is 2. The molecule has 0 radical (unpaired) electrons. The van der Waals surface area contributed by atoms with Crippen molar-refractivity contribution in [1.29, 1.82) is 0 Å². The molecule has 0 atom stereocenters. The maximum Gasteiger partial charge on any atom is 0.573 e. The van der Waals surface area contributed by atoms with Crippen molar-refractivity contribution in [1.82, 2.24) is 15.5 Å². The number of nitrogens with zero attached hydrogens (tertiary/aromatic N) is 1. The first-order chi connectivity index (χ1) is 17.6. The van der Waals surface area contributed by atoms with E-state index in [-0.39, 0.29) is 18.5 Å². The Hall–Kier alpha value is -3.45. The number of aliphatic carboxylic acids is 1. The number of benzene rings is 2. The molecule has 3 rings (SSSR count). The predicted molar refractivity (Wildman–Crippen MR) is 125 cm³/mol. The van der Waals surface area contributed by atoms with Gasteiger partial charge in [-0.15, -0.1) is 13.2 Å². The van der Waals surface area contributed by atoms with Crippen LogP contribution in [0.2, 0.25) is 0 Å². The lowest BCUT2D eigenvalue weighted by Gasteiger charge is -2.12. The number of alkyl halides is 3. The zero-order valence-electron chi connectivity index (χ0n) is 19.8. The maximum atomic E-state index is 13.7. The molecule has 0 aliphatic heterocycles. The molecule has 0 bridgehead atoms. The largest absolute Gasteiger partial charge is 0.573 e. The fourth-order valence-corrected chi connectivity index (χ4v) is 3.63. The van der Waals surface area contributed by atoms with Crippen LogP contribution in [0.15, 0.2) is 30.5 Å². The van der Waals surface area contributed by atoms with Crippen LogP contribution in [0.1, 0.15) is 30.4 Å². The Labute approximate surface area is 209 Å². The molecule has 0 fully saturated rings. The van der Waals surface area contributed by atoms with Crippen LogP contribution in [0.5, 0.6) is 5.75 Å². The number of rotatable bonds is 15. The van der Waals surface area contributed by atoms with Crippen molar-refractivity contribution in [2.24, 2.45) is 0 Å². The first-order valence-electron chi connectivity index (χ1n) is 11.6. The van der Waals surface area contributed by atoms with Crippen LogP contribution >= 0.6 is 0 Å². The summed E-state index contributed by atoms with van der Waals surface area (Å²) in [5.41, 5.74) is 2.69. The second kappa shape index (κ2) is 13.2. The van der Waals surface area contributed by atoms with E-state index in [4.69, 9.17) is 9.84 Å². The number of H-pyrrole nitrogens is 1. The van der Waals surface area contributed by atoms with Crippen LogP contribution in [0, 0.1) is 11.6 Å². The Bertz CT molecular complexity index is 1160. The lowest BCUT2D eigenvalue weighted by molar-refractivity contribution is -0.276. The molecule has 13 heteroatoms. The predicted octanol–water partition coefficient (Wildman–Crippen LogP) is 4.76. The Morgan fingerprint density at radius 3 is 2.49 bits per heavy atom. The summed E-state index contributed by atoms with van der Waals surface area (Å²) in [5, 5.41) is 23.0. The van der Waals surface area contributed by atoms with Gasteiger partial charge in [0.15, 0.2) is 11.6 Å². The summed E-state index contributed by atoms with van der Waals surface area (Å²) in [5.74, 6) is -5.17. The highest BCUT2D eigenvalue weighted by Crippen LogP contribution is 2.29. The van der Waals surface area contributed by atoms with E-state index in [0.717, 1.165) is 47.1 Å². The molecule has 0 amide bonds. The SMILES string of the molecule is O=C(O)CCc1cc(NCCOCCCCNCc2cc(F)c(OC(F)(F)F)c(F)c2)c2cn[nH]c2c1. The quantitative estimate of drug-likeness (QED) is 0.166. The molecule has 1 aromatic heterocycles. The van der Waals surface area contributed by atoms with Crippen LogP contribution in [0.25, 0.3) is 10.9 Å². The third-order valence-electron chi connectivity index (χ3n) is 5.31. The maximum absolute atomic E-state index is 13.7. The van der Waals surface area contributed by atoms with Gasteiger partial charge in [0.1, 0.15) is 0 Å². The molecule has 0 unspecified atom stereocenters. The molecule has 0 aliphatic rings. The van der Waals surface area contributed by atoms with Gasteiger partial charge in [-0.3, -0.25) is 9.89 Å². The van der Waals surface area contributed by atoms with Crippen molar-refractivity contribution in [3.8, 4) is 5.75 Å². The molecular formula is C24H27F5N4O4. The van der Waals surface area contributed by atoms with Crippen LogP contribution in [-0.4, -0.2) is 53.9 Å².